The second-order valence-corrected chi connectivity index (χ2v) is 15.8. The summed E-state index contributed by atoms with van der Waals surface area (Å²) in [5, 5.41) is 4.73. The molecule has 9 aromatic carbocycles. The van der Waals surface area contributed by atoms with Crippen molar-refractivity contribution in [2.24, 2.45) is 0 Å². The van der Waals surface area contributed by atoms with Crippen LogP contribution in [0.3, 0.4) is 0 Å². The van der Waals surface area contributed by atoms with Gasteiger partial charge >= 0.3 is 0 Å². The van der Waals surface area contributed by atoms with Crippen molar-refractivity contribution in [3.05, 3.63) is 249 Å². The molecule has 0 radical (unpaired) electrons. The van der Waals surface area contributed by atoms with E-state index in [1.807, 2.05) is 36.4 Å². The largest absolute Gasteiger partial charge is 0.455 e. The normalized spacial score (nSPS) is 11.7. The van der Waals surface area contributed by atoms with Gasteiger partial charge in [-0.15, -0.1) is 0 Å². The smallest absolute Gasteiger partial charge is 0.143 e. The maximum absolute atomic E-state index is 6.48. The molecule has 0 saturated heterocycles. The monoisotopic (exact) mass is 806 g/mol. The van der Waals surface area contributed by atoms with Crippen LogP contribution in [-0.2, 0) is 0 Å². The quantitative estimate of drug-likeness (QED) is 0.128. The van der Waals surface area contributed by atoms with Crippen molar-refractivity contribution in [2.75, 3.05) is 4.90 Å². The molecule has 0 aliphatic carbocycles. The molecular formula is C60H42N2O. The van der Waals surface area contributed by atoms with Gasteiger partial charge in [0.15, 0.2) is 0 Å². The molecule has 0 amide bonds. The van der Waals surface area contributed by atoms with E-state index in [1.54, 1.807) is 0 Å². The number of rotatable bonds is 10. The summed E-state index contributed by atoms with van der Waals surface area (Å²) in [6, 6.07) is 75.9. The van der Waals surface area contributed by atoms with Crippen LogP contribution in [0.5, 0.6) is 0 Å². The highest BCUT2D eigenvalue weighted by Gasteiger charge is 2.20. The van der Waals surface area contributed by atoms with Crippen molar-refractivity contribution < 1.29 is 4.42 Å². The molecule has 0 bridgehead atoms. The summed E-state index contributed by atoms with van der Waals surface area (Å²) in [4.78, 5) is 2.23. The van der Waals surface area contributed by atoms with Crippen molar-refractivity contribution in [3.63, 3.8) is 0 Å². The third-order valence-corrected chi connectivity index (χ3v) is 12.1. The minimum atomic E-state index is 0.895. The highest BCUT2D eigenvalue weighted by Crippen LogP contribution is 2.44. The van der Waals surface area contributed by atoms with E-state index in [4.69, 9.17) is 4.42 Å². The number of aromatic nitrogens is 1. The van der Waals surface area contributed by atoms with Gasteiger partial charge in [0.2, 0.25) is 0 Å². The van der Waals surface area contributed by atoms with E-state index < -0.39 is 0 Å². The van der Waals surface area contributed by atoms with Gasteiger partial charge in [0.25, 0.3) is 0 Å². The average Bonchev–Trinajstić information content (AvgIpc) is 3.90. The standard InChI is InChI=1S/C60H42N2O/c1-3-18-45(4-2)61(46-21-6-5-7-22-46)47-23-14-19-43(39-47)49-28-16-29-50(44-20-15-24-48(40-44)62-56-32-11-8-25-52(56)53-26-9-12-33-57(53)62)59(49)42-37-35-41(36-38-42)51-30-17-31-55-54-27-10-13-34-58(54)63-60(51)55/h3-40H,1-2H2/b45-18+. The van der Waals surface area contributed by atoms with Crippen molar-refractivity contribution in [1.82, 2.24) is 4.57 Å². The summed E-state index contributed by atoms with van der Waals surface area (Å²) in [5.41, 5.74) is 17.2. The van der Waals surface area contributed by atoms with E-state index in [0.717, 1.165) is 89.2 Å². The van der Waals surface area contributed by atoms with Gasteiger partial charge in [-0.25, -0.2) is 0 Å². The number of hydrogen-bond donors (Lipinski definition) is 0. The van der Waals surface area contributed by atoms with Gasteiger partial charge in [0.05, 0.1) is 11.0 Å². The minimum Gasteiger partial charge on any atom is -0.455 e. The topological polar surface area (TPSA) is 21.3 Å². The Balaban J connectivity index is 1.10. The van der Waals surface area contributed by atoms with Gasteiger partial charge < -0.3 is 13.9 Å². The number of para-hydroxylation sites is 5. The molecule has 2 heterocycles. The summed E-state index contributed by atoms with van der Waals surface area (Å²) in [6.45, 7) is 8.19. The molecule has 0 fully saturated rings. The Morgan fingerprint density at radius 2 is 1.00 bits per heavy atom. The first-order chi connectivity index (χ1) is 31.2. The van der Waals surface area contributed by atoms with Crippen LogP contribution in [0.1, 0.15) is 0 Å². The summed E-state index contributed by atoms with van der Waals surface area (Å²) < 4.78 is 8.87. The fourth-order valence-electron chi connectivity index (χ4n) is 9.34. The van der Waals surface area contributed by atoms with E-state index >= 15 is 0 Å². The Morgan fingerprint density at radius 1 is 0.444 bits per heavy atom. The van der Waals surface area contributed by atoms with Crippen LogP contribution >= 0.6 is 0 Å². The van der Waals surface area contributed by atoms with Crippen LogP contribution in [0.15, 0.2) is 254 Å². The summed E-state index contributed by atoms with van der Waals surface area (Å²) in [5.74, 6) is 0. The number of fused-ring (bicyclic) bond motifs is 6. The third kappa shape index (κ3) is 6.55. The minimum absolute atomic E-state index is 0.895. The summed E-state index contributed by atoms with van der Waals surface area (Å²) in [6.07, 6.45) is 5.69. The highest BCUT2D eigenvalue weighted by molar-refractivity contribution is 6.10. The third-order valence-electron chi connectivity index (χ3n) is 12.1. The molecule has 0 aliphatic heterocycles. The maximum Gasteiger partial charge on any atom is 0.143 e. The highest BCUT2D eigenvalue weighted by atomic mass is 16.3. The predicted molar refractivity (Wildman–Crippen MR) is 267 cm³/mol. The summed E-state index contributed by atoms with van der Waals surface area (Å²) in [7, 11) is 0. The molecule has 3 nitrogen and oxygen atoms in total. The van der Waals surface area contributed by atoms with E-state index in [-0.39, 0.29) is 0 Å². The average molecular weight is 807 g/mol. The molecule has 0 saturated carbocycles. The number of anilines is 2. The van der Waals surface area contributed by atoms with Crippen LogP contribution in [0.2, 0.25) is 0 Å². The molecule has 2 aromatic heterocycles. The number of furan rings is 1. The Kier molecular flexibility index (Phi) is 9.48. The molecule has 11 rings (SSSR count). The first-order valence-corrected chi connectivity index (χ1v) is 21.3. The second kappa shape index (κ2) is 15.9. The fourth-order valence-corrected chi connectivity index (χ4v) is 9.34. The van der Waals surface area contributed by atoms with E-state index in [0.29, 0.717) is 0 Å². The molecular weight excluding hydrogens is 765 g/mol. The SMILES string of the molecule is C=C/C=C(\C=C)N(c1ccccc1)c1cccc(-c2cccc(-c3cccc(-n4c5ccccc5c5ccccc54)c3)c2-c2ccc(-c3cccc4c3oc3ccccc34)cc2)c1. The van der Waals surface area contributed by atoms with Crippen LogP contribution in [0, 0.1) is 0 Å². The molecule has 298 valence electrons. The van der Waals surface area contributed by atoms with Crippen molar-refractivity contribution in [2.45, 2.75) is 0 Å². The van der Waals surface area contributed by atoms with Crippen LogP contribution in [0.4, 0.5) is 11.4 Å². The van der Waals surface area contributed by atoms with Gasteiger partial charge in [0.1, 0.15) is 11.2 Å². The first-order valence-electron chi connectivity index (χ1n) is 21.3. The van der Waals surface area contributed by atoms with Gasteiger partial charge in [0, 0.05) is 49.9 Å². The zero-order valence-electron chi connectivity index (χ0n) is 34.7. The molecule has 0 N–H and O–H groups in total. The van der Waals surface area contributed by atoms with Crippen molar-refractivity contribution in [1.29, 1.82) is 0 Å². The molecule has 11 aromatic rings. The summed E-state index contributed by atoms with van der Waals surface area (Å²) >= 11 is 0. The van der Waals surface area contributed by atoms with Gasteiger partial charge in [-0.3, -0.25) is 0 Å². The molecule has 0 spiro atoms. The number of allylic oxidation sites excluding steroid dienone is 3. The molecule has 0 unspecified atom stereocenters. The van der Waals surface area contributed by atoms with Gasteiger partial charge in [-0.2, -0.15) is 0 Å². The molecule has 0 atom stereocenters. The van der Waals surface area contributed by atoms with Gasteiger partial charge in [-0.05, 0) is 106 Å². The predicted octanol–water partition coefficient (Wildman–Crippen LogP) is 16.7. The van der Waals surface area contributed by atoms with Crippen molar-refractivity contribution in [3.8, 4) is 50.2 Å². The van der Waals surface area contributed by atoms with E-state index in [1.165, 1.54) is 21.8 Å². The number of nitrogens with zero attached hydrogens (tertiary/aromatic N) is 2. The Hall–Kier alpha value is -8.40. The van der Waals surface area contributed by atoms with Crippen molar-refractivity contribution >= 4 is 55.1 Å². The lowest BCUT2D eigenvalue weighted by Gasteiger charge is -2.27. The Labute approximate surface area is 367 Å². The lowest BCUT2D eigenvalue weighted by atomic mass is 9.86. The first kappa shape index (κ1) is 37.6. The lowest BCUT2D eigenvalue weighted by Crippen LogP contribution is -2.14. The molecule has 3 heteroatoms. The second-order valence-electron chi connectivity index (χ2n) is 15.8. The fraction of sp³-hybridized carbons (Fsp3) is 0. The van der Waals surface area contributed by atoms with Gasteiger partial charge in [-0.1, -0.05) is 177 Å². The van der Waals surface area contributed by atoms with Crippen LogP contribution in [0.25, 0.3) is 93.9 Å². The maximum atomic E-state index is 6.48. The zero-order chi connectivity index (χ0) is 42.3. The Morgan fingerprint density at radius 3 is 1.71 bits per heavy atom. The van der Waals surface area contributed by atoms with Crippen LogP contribution in [-0.4, -0.2) is 4.57 Å². The van der Waals surface area contributed by atoms with Crippen LogP contribution < -0.4 is 4.90 Å². The zero-order valence-corrected chi connectivity index (χ0v) is 34.7. The molecule has 63 heavy (non-hydrogen) atoms. The van der Waals surface area contributed by atoms with E-state index in [2.05, 4.69) is 217 Å². The number of hydrogen-bond acceptors (Lipinski definition) is 2. The van der Waals surface area contributed by atoms with E-state index in [9.17, 15) is 0 Å². The lowest BCUT2D eigenvalue weighted by molar-refractivity contribution is 0.670. The Bertz CT molecular complexity index is 3500. The molecule has 0 aliphatic rings. The number of benzene rings is 9.